The van der Waals surface area contributed by atoms with Gasteiger partial charge in [0.1, 0.15) is 6.61 Å². The summed E-state index contributed by atoms with van der Waals surface area (Å²) in [6, 6.07) is 0. The maximum Gasteiger partial charge on any atom is 0.411 e. The van der Waals surface area contributed by atoms with Crippen molar-refractivity contribution < 1.29 is 27.8 Å². The van der Waals surface area contributed by atoms with Gasteiger partial charge in [-0.1, -0.05) is 0 Å². The molecule has 0 fully saturated rings. The van der Waals surface area contributed by atoms with E-state index in [4.69, 9.17) is 5.11 Å². The Morgan fingerprint density at radius 3 is 2.58 bits per heavy atom. The molecule has 10 heteroatoms. The maximum atomic E-state index is 11.8. The summed E-state index contributed by atoms with van der Waals surface area (Å²) in [5.74, 6) is -1.01. The number of carboxylic acid groups (broad SMARTS) is 1. The van der Waals surface area contributed by atoms with Gasteiger partial charge in [0.15, 0.2) is 11.4 Å². The van der Waals surface area contributed by atoms with Crippen LogP contribution < -0.4 is 0 Å². The van der Waals surface area contributed by atoms with Crippen molar-refractivity contribution in [3.63, 3.8) is 0 Å². The molecule has 1 aromatic heterocycles. The molecule has 108 valence electrons. The Hall–Kier alpha value is -1.71. The number of tetrazole rings is 1. The molecule has 7 nitrogen and oxygen atoms in total. The number of rotatable bonds is 6. The van der Waals surface area contributed by atoms with Crippen LogP contribution in [0.2, 0.25) is 0 Å². The van der Waals surface area contributed by atoms with Crippen LogP contribution in [0.4, 0.5) is 13.2 Å². The standard InChI is InChI=1S/C9H13F3N4O3/c1-8(2,7(17)18)16-6(13-14-15-16)3-4-19-5-9(10,11)12/h3-5H2,1-2H3,(H,17,18). The van der Waals surface area contributed by atoms with Gasteiger partial charge < -0.3 is 9.84 Å². The summed E-state index contributed by atoms with van der Waals surface area (Å²) in [5, 5.41) is 19.4. The first kappa shape index (κ1) is 15.3. The van der Waals surface area contributed by atoms with Gasteiger partial charge in [0, 0.05) is 6.42 Å². The lowest BCUT2D eigenvalue weighted by molar-refractivity contribution is -0.173. The largest absolute Gasteiger partial charge is 0.479 e. The first-order chi connectivity index (χ1) is 8.64. The highest BCUT2D eigenvalue weighted by atomic mass is 19.4. The fourth-order valence-corrected chi connectivity index (χ4v) is 1.24. The summed E-state index contributed by atoms with van der Waals surface area (Å²) in [6.07, 6.45) is -4.41. The summed E-state index contributed by atoms with van der Waals surface area (Å²) in [5.41, 5.74) is -1.39. The van der Waals surface area contributed by atoms with Crippen molar-refractivity contribution >= 4 is 5.97 Å². The number of carboxylic acids is 1. The quantitative estimate of drug-likeness (QED) is 0.769. The minimum Gasteiger partial charge on any atom is -0.479 e. The van der Waals surface area contributed by atoms with E-state index < -0.39 is 24.3 Å². The lowest BCUT2D eigenvalue weighted by Gasteiger charge is -2.20. The molecule has 0 aliphatic carbocycles. The molecule has 0 radical (unpaired) electrons. The summed E-state index contributed by atoms with van der Waals surface area (Å²) < 4.78 is 41.0. The number of halogens is 3. The summed E-state index contributed by atoms with van der Waals surface area (Å²) in [6.45, 7) is 1.14. The van der Waals surface area contributed by atoms with E-state index in [0.29, 0.717) is 0 Å². The van der Waals surface area contributed by atoms with Gasteiger partial charge in [-0.25, -0.2) is 9.48 Å². The van der Waals surface area contributed by atoms with Crippen LogP contribution in [0, 0.1) is 0 Å². The van der Waals surface area contributed by atoms with Crippen LogP contribution in [0.25, 0.3) is 0 Å². The molecule has 1 N–H and O–H groups in total. The normalized spacial score (nSPS) is 12.7. The van der Waals surface area contributed by atoms with E-state index in [1.165, 1.54) is 13.8 Å². The fourth-order valence-electron chi connectivity index (χ4n) is 1.24. The Kier molecular flexibility index (Phi) is 4.45. The Morgan fingerprint density at radius 2 is 2.05 bits per heavy atom. The number of ether oxygens (including phenoxy) is 1. The maximum absolute atomic E-state index is 11.8. The first-order valence-corrected chi connectivity index (χ1v) is 5.30. The summed E-state index contributed by atoms with van der Waals surface area (Å²) >= 11 is 0. The van der Waals surface area contributed by atoms with Crippen LogP contribution in [0.1, 0.15) is 19.7 Å². The van der Waals surface area contributed by atoms with Gasteiger partial charge in [0.2, 0.25) is 0 Å². The summed E-state index contributed by atoms with van der Waals surface area (Å²) in [7, 11) is 0. The van der Waals surface area contributed by atoms with Crippen molar-refractivity contribution in [2.24, 2.45) is 0 Å². The molecule has 0 saturated carbocycles. The number of alkyl halides is 3. The Bertz CT molecular complexity index is 444. The van der Waals surface area contributed by atoms with E-state index in [0.717, 1.165) is 4.68 Å². The molecule has 1 rings (SSSR count). The highest BCUT2D eigenvalue weighted by molar-refractivity contribution is 5.75. The Morgan fingerprint density at radius 1 is 1.42 bits per heavy atom. The predicted octanol–water partition coefficient (Wildman–Crippen LogP) is 0.614. The predicted molar refractivity (Wildman–Crippen MR) is 55.4 cm³/mol. The second-order valence-corrected chi connectivity index (χ2v) is 4.29. The minimum atomic E-state index is -4.40. The lowest BCUT2D eigenvalue weighted by Crippen LogP contribution is -2.38. The molecule has 0 saturated heterocycles. The molecular weight excluding hydrogens is 269 g/mol. The molecule has 1 aromatic rings. The molecule has 0 aliphatic heterocycles. The van der Waals surface area contributed by atoms with Gasteiger partial charge in [0.25, 0.3) is 0 Å². The molecule has 0 atom stereocenters. The van der Waals surface area contributed by atoms with Crippen LogP contribution in [0.15, 0.2) is 0 Å². The monoisotopic (exact) mass is 282 g/mol. The Balaban J connectivity index is 2.62. The number of nitrogens with zero attached hydrogens (tertiary/aromatic N) is 4. The number of aromatic nitrogens is 4. The molecule has 0 bridgehead atoms. The van der Waals surface area contributed by atoms with Gasteiger partial charge in [-0.05, 0) is 24.3 Å². The molecule has 0 amide bonds. The topological polar surface area (TPSA) is 90.1 Å². The third-order valence-electron chi connectivity index (χ3n) is 2.32. The molecule has 0 spiro atoms. The van der Waals surface area contributed by atoms with Gasteiger partial charge >= 0.3 is 12.1 Å². The van der Waals surface area contributed by atoms with Crippen molar-refractivity contribution in [2.75, 3.05) is 13.2 Å². The zero-order valence-corrected chi connectivity index (χ0v) is 10.3. The number of hydrogen-bond donors (Lipinski definition) is 1. The molecule has 0 unspecified atom stereocenters. The van der Waals surface area contributed by atoms with Crippen LogP contribution in [0.3, 0.4) is 0 Å². The average molecular weight is 282 g/mol. The van der Waals surface area contributed by atoms with Crippen molar-refractivity contribution in [3.05, 3.63) is 5.82 Å². The average Bonchev–Trinajstić information content (AvgIpc) is 2.71. The highest BCUT2D eigenvalue weighted by Crippen LogP contribution is 2.16. The second kappa shape index (κ2) is 5.51. The van der Waals surface area contributed by atoms with Crippen LogP contribution >= 0.6 is 0 Å². The van der Waals surface area contributed by atoms with Crippen molar-refractivity contribution in [3.8, 4) is 0 Å². The van der Waals surface area contributed by atoms with Gasteiger partial charge in [-0.15, -0.1) is 5.10 Å². The Labute approximate surface area is 106 Å². The van der Waals surface area contributed by atoms with E-state index in [2.05, 4.69) is 20.3 Å². The van der Waals surface area contributed by atoms with Crippen LogP contribution in [-0.4, -0.2) is 50.7 Å². The van der Waals surface area contributed by atoms with Gasteiger partial charge in [-0.3, -0.25) is 0 Å². The number of hydrogen-bond acceptors (Lipinski definition) is 5. The lowest BCUT2D eigenvalue weighted by atomic mass is 10.1. The van der Waals surface area contributed by atoms with Crippen LogP contribution in [0.5, 0.6) is 0 Å². The smallest absolute Gasteiger partial charge is 0.411 e. The molecule has 19 heavy (non-hydrogen) atoms. The minimum absolute atomic E-state index is 0.0141. The van der Waals surface area contributed by atoms with E-state index in [-0.39, 0.29) is 18.9 Å². The van der Waals surface area contributed by atoms with E-state index in [1.54, 1.807) is 0 Å². The number of carbonyl (C=O) groups is 1. The highest BCUT2D eigenvalue weighted by Gasteiger charge is 2.33. The fraction of sp³-hybridized carbons (Fsp3) is 0.778. The zero-order chi connectivity index (χ0) is 14.7. The SMILES string of the molecule is CC(C)(C(=O)O)n1nnnc1CCOCC(F)(F)F. The second-order valence-electron chi connectivity index (χ2n) is 4.29. The third kappa shape index (κ3) is 4.16. The van der Waals surface area contributed by atoms with E-state index >= 15 is 0 Å². The summed E-state index contributed by atoms with van der Waals surface area (Å²) in [4.78, 5) is 11.0. The van der Waals surface area contributed by atoms with Crippen LogP contribution in [-0.2, 0) is 21.5 Å². The molecule has 0 aromatic carbocycles. The molecular formula is C9H13F3N4O3. The molecule has 0 aliphatic rings. The zero-order valence-electron chi connectivity index (χ0n) is 10.3. The third-order valence-corrected chi connectivity index (χ3v) is 2.32. The van der Waals surface area contributed by atoms with E-state index in [1.807, 2.05) is 0 Å². The van der Waals surface area contributed by atoms with Crippen molar-refractivity contribution in [2.45, 2.75) is 32.0 Å². The van der Waals surface area contributed by atoms with Gasteiger partial charge in [-0.2, -0.15) is 13.2 Å². The van der Waals surface area contributed by atoms with Crippen molar-refractivity contribution in [1.82, 2.24) is 20.2 Å². The molecule has 1 heterocycles. The van der Waals surface area contributed by atoms with Crippen molar-refractivity contribution in [1.29, 1.82) is 0 Å². The number of aliphatic carboxylic acids is 1. The first-order valence-electron chi connectivity index (χ1n) is 5.30. The van der Waals surface area contributed by atoms with Gasteiger partial charge in [0.05, 0.1) is 6.61 Å². The van der Waals surface area contributed by atoms with E-state index in [9.17, 15) is 18.0 Å².